The first-order chi connectivity index (χ1) is 8.72. The van der Waals surface area contributed by atoms with Crippen molar-refractivity contribution in [3.63, 3.8) is 0 Å². The maximum atomic E-state index is 10.0. The monoisotopic (exact) mass is 242 g/mol. The summed E-state index contributed by atoms with van der Waals surface area (Å²) < 4.78 is 0. The summed E-state index contributed by atoms with van der Waals surface area (Å²) in [6.45, 7) is 1.80. The lowest BCUT2D eigenvalue weighted by Gasteiger charge is -2.20. The van der Waals surface area contributed by atoms with Gasteiger partial charge < -0.3 is 10.4 Å². The van der Waals surface area contributed by atoms with Crippen molar-refractivity contribution < 1.29 is 5.11 Å². The first-order valence-electron chi connectivity index (χ1n) is 6.09. The Morgan fingerprint density at radius 1 is 1.17 bits per heavy atom. The van der Waals surface area contributed by atoms with Crippen LogP contribution in [0.3, 0.4) is 0 Å². The molecular weight excluding hydrogens is 224 g/mol. The zero-order valence-electron chi connectivity index (χ0n) is 10.7. The fourth-order valence-corrected chi connectivity index (χ4v) is 2.14. The number of rotatable bonds is 4. The second kappa shape index (κ2) is 5.65. The van der Waals surface area contributed by atoms with Crippen molar-refractivity contribution in [2.45, 2.75) is 18.9 Å². The number of aromatic nitrogens is 1. The van der Waals surface area contributed by atoms with Crippen LogP contribution in [0.25, 0.3) is 0 Å². The summed E-state index contributed by atoms with van der Waals surface area (Å²) in [5.41, 5.74) is 2.99. The van der Waals surface area contributed by atoms with Crippen molar-refractivity contribution >= 4 is 5.69 Å². The fourth-order valence-electron chi connectivity index (χ4n) is 2.14. The second-order valence-electron chi connectivity index (χ2n) is 4.35. The molecule has 2 atom stereocenters. The largest absolute Gasteiger partial charge is 0.392 e. The molecule has 2 N–H and O–H groups in total. The maximum absolute atomic E-state index is 10.0. The van der Waals surface area contributed by atoms with E-state index < -0.39 is 6.10 Å². The second-order valence-corrected chi connectivity index (χ2v) is 4.35. The average molecular weight is 242 g/mol. The van der Waals surface area contributed by atoms with E-state index in [1.165, 1.54) is 0 Å². The van der Waals surface area contributed by atoms with Gasteiger partial charge in [0, 0.05) is 18.9 Å². The number of pyridine rings is 1. The molecule has 0 saturated heterocycles. The van der Waals surface area contributed by atoms with Gasteiger partial charge >= 0.3 is 0 Å². The van der Waals surface area contributed by atoms with Gasteiger partial charge in [0.2, 0.25) is 0 Å². The number of benzene rings is 1. The van der Waals surface area contributed by atoms with Gasteiger partial charge in [-0.15, -0.1) is 0 Å². The average Bonchev–Trinajstić information content (AvgIpc) is 2.40. The molecule has 0 radical (unpaired) electrons. The summed E-state index contributed by atoms with van der Waals surface area (Å²) in [7, 11) is 1.89. The zero-order chi connectivity index (χ0) is 13.0. The molecule has 94 valence electrons. The third-order valence-electron chi connectivity index (χ3n) is 3.02. The van der Waals surface area contributed by atoms with Gasteiger partial charge in [-0.05, 0) is 36.8 Å². The summed E-state index contributed by atoms with van der Waals surface area (Å²) in [6, 6.07) is 13.8. The Balaban J connectivity index is 2.42. The molecule has 3 heteroatoms. The van der Waals surface area contributed by atoms with Crippen LogP contribution in [0.2, 0.25) is 0 Å². The van der Waals surface area contributed by atoms with Gasteiger partial charge in [0.05, 0.1) is 17.7 Å². The van der Waals surface area contributed by atoms with Gasteiger partial charge in [-0.2, -0.15) is 0 Å². The predicted octanol–water partition coefficient (Wildman–Crippen LogP) is 2.64. The van der Waals surface area contributed by atoms with Crippen molar-refractivity contribution in [2.24, 2.45) is 0 Å². The summed E-state index contributed by atoms with van der Waals surface area (Å²) in [5, 5.41) is 13.1. The molecule has 0 bridgehead atoms. The molecule has 0 saturated carbocycles. The smallest absolute Gasteiger partial charge is 0.0636 e. The number of aliphatic hydroxyl groups is 1. The van der Waals surface area contributed by atoms with Crippen molar-refractivity contribution in [3.05, 3.63) is 59.9 Å². The molecule has 2 rings (SSSR count). The Morgan fingerprint density at radius 3 is 2.61 bits per heavy atom. The van der Waals surface area contributed by atoms with Crippen LogP contribution < -0.4 is 5.32 Å². The van der Waals surface area contributed by atoms with Gasteiger partial charge in [0.25, 0.3) is 0 Å². The standard InChI is InChI=1S/C15H18N2O/c1-11(18)15(14-8-3-4-9-17-14)12-6-5-7-13(10-12)16-2/h3-11,15-16,18H,1-2H3. The van der Waals surface area contributed by atoms with E-state index in [1.54, 1.807) is 13.1 Å². The van der Waals surface area contributed by atoms with Gasteiger partial charge in [0.15, 0.2) is 0 Å². The SMILES string of the molecule is CNc1cccc(C(c2ccccn2)C(C)O)c1. The molecule has 18 heavy (non-hydrogen) atoms. The Labute approximate surface area is 108 Å². The van der Waals surface area contributed by atoms with E-state index in [0.29, 0.717) is 0 Å². The van der Waals surface area contributed by atoms with Crippen molar-refractivity contribution in [2.75, 3.05) is 12.4 Å². The first-order valence-corrected chi connectivity index (χ1v) is 6.09. The van der Waals surface area contributed by atoms with E-state index in [1.807, 2.05) is 49.5 Å². The van der Waals surface area contributed by atoms with E-state index in [-0.39, 0.29) is 5.92 Å². The van der Waals surface area contributed by atoms with Gasteiger partial charge in [0.1, 0.15) is 0 Å². The Morgan fingerprint density at radius 2 is 2.00 bits per heavy atom. The molecule has 2 unspecified atom stereocenters. The number of nitrogens with one attached hydrogen (secondary N) is 1. The highest BCUT2D eigenvalue weighted by molar-refractivity contribution is 5.47. The summed E-state index contributed by atoms with van der Waals surface area (Å²) in [5.74, 6) is -0.0977. The predicted molar refractivity (Wildman–Crippen MR) is 73.7 cm³/mol. The van der Waals surface area contributed by atoms with E-state index in [4.69, 9.17) is 0 Å². The number of anilines is 1. The summed E-state index contributed by atoms with van der Waals surface area (Å²) in [4.78, 5) is 4.35. The van der Waals surface area contributed by atoms with Crippen LogP contribution in [0, 0.1) is 0 Å². The molecule has 2 aromatic rings. The van der Waals surface area contributed by atoms with Crippen molar-refractivity contribution in [1.29, 1.82) is 0 Å². The van der Waals surface area contributed by atoms with Gasteiger partial charge in [-0.25, -0.2) is 0 Å². The number of nitrogens with zero attached hydrogens (tertiary/aromatic N) is 1. The number of aliphatic hydroxyl groups excluding tert-OH is 1. The Bertz CT molecular complexity index is 497. The maximum Gasteiger partial charge on any atom is 0.0636 e. The van der Waals surface area contributed by atoms with Crippen LogP contribution in [0.1, 0.15) is 24.1 Å². The van der Waals surface area contributed by atoms with Gasteiger partial charge in [-0.3, -0.25) is 4.98 Å². The molecule has 3 nitrogen and oxygen atoms in total. The van der Waals surface area contributed by atoms with Crippen LogP contribution in [0.4, 0.5) is 5.69 Å². The Kier molecular flexibility index (Phi) is 3.95. The zero-order valence-corrected chi connectivity index (χ0v) is 10.7. The molecule has 1 aromatic carbocycles. The third kappa shape index (κ3) is 2.68. The lowest BCUT2D eigenvalue weighted by atomic mass is 9.90. The van der Waals surface area contributed by atoms with Gasteiger partial charge in [-0.1, -0.05) is 18.2 Å². The van der Waals surface area contributed by atoms with Crippen LogP contribution in [0.5, 0.6) is 0 Å². The molecule has 1 aromatic heterocycles. The van der Waals surface area contributed by atoms with Crippen LogP contribution in [-0.2, 0) is 0 Å². The Hall–Kier alpha value is -1.87. The van der Waals surface area contributed by atoms with Crippen LogP contribution in [0.15, 0.2) is 48.7 Å². The first kappa shape index (κ1) is 12.6. The third-order valence-corrected chi connectivity index (χ3v) is 3.02. The lowest BCUT2D eigenvalue weighted by Crippen LogP contribution is -2.17. The number of hydrogen-bond acceptors (Lipinski definition) is 3. The minimum Gasteiger partial charge on any atom is -0.392 e. The molecular formula is C15H18N2O. The topological polar surface area (TPSA) is 45.2 Å². The highest BCUT2D eigenvalue weighted by atomic mass is 16.3. The normalized spacial score (nSPS) is 13.9. The van der Waals surface area contributed by atoms with Crippen LogP contribution in [-0.4, -0.2) is 23.2 Å². The molecule has 0 aliphatic carbocycles. The van der Waals surface area contributed by atoms with E-state index in [0.717, 1.165) is 16.9 Å². The summed E-state index contributed by atoms with van der Waals surface area (Å²) in [6.07, 6.45) is 1.28. The molecule has 0 fully saturated rings. The quantitative estimate of drug-likeness (QED) is 0.866. The van der Waals surface area contributed by atoms with Crippen molar-refractivity contribution in [3.8, 4) is 0 Å². The molecule has 0 spiro atoms. The molecule has 0 amide bonds. The molecule has 0 aliphatic heterocycles. The fraction of sp³-hybridized carbons (Fsp3) is 0.267. The van der Waals surface area contributed by atoms with Crippen molar-refractivity contribution in [1.82, 2.24) is 4.98 Å². The highest BCUT2D eigenvalue weighted by Gasteiger charge is 2.20. The lowest BCUT2D eigenvalue weighted by molar-refractivity contribution is 0.175. The van der Waals surface area contributed by atoms with E-state index >= 15 is 0 Å². The minimum atomic E-state index is -0.480. The molecule has 1 heterocycles. The van der Waals surface area contributed by atoms with E-state index in [9.17, 15) is 5.11 Å². The molecule has 0 aliphatic rings. The summed E-state index contributed by atoms with van der Waals surface area (Å²) >= 11 is 0. The van der Waals surface area contributed by atoms with Crippen LogP contribution >= 0.6 is 0 Å². The minimum absolute atomic E-state index is 0.0977. The number of hydrogen-bond donors (Lipinski definition) is 2. The van der Waals surface area contributed by atoms with E-state index in [2.05, 4.69) is 10.3 Å². The highest BCUT2D eigenvalue weighted by Crippen LogP contribution is 2.28.